The summed E-state index contributed by atoms with van der Waals surface area (Å²) in [5, 5.41) is 3.13. The Balaban J connectivity index is 2.07. The maximum Gasteiger partial charge on any atom is 0.415 e. The lowest BCUT2D eigenvalue weighted by Gasteiger charge is -2.18. The van der Waals surface area contributed by atoms with Crippen LogP contribution in [0.4, 0.5) is 9.18 Å². The van der Waals surface area contributed by atoms with Gasteiger partial charge in [-0.3, -0.25) is 4.79 Å². The van der Waals surface area contributed by atoms with Gasteiger partial charge in [0.2, 0.25) is 0 Å². The Morgan fingerprint density at radius 1 is 1.24 bits per heavy atom. The van der Waals surface area contributed by atoms with Crippen LogP contribution in [0, 0.1) is 5.82 Å². The SMILES string of the molecule is CNCCN(C)C(=O)Oc1c(OC)ccc2[nH]c(-c3cccc(F)c3)cc(=O)c12. The molecule has 0 unspecified atom stereocenters. The predicted octanol–water partition coefficient (Wildman–Crippen LogP) is 2.99. The summed E-state index contributed by atoms with van der Waals surface area (Å²) in [7, 11) is 4.81. The van der Waals surface area contributed by atoms with Gasteiger partial charge in [-0.15, -0.1) is 0 Å². The highest BCUT2D eigenvalue weighted by Crippen LogP contribution is 2.34. The highest BCUT2D eigenvalue weighted by molar-refractivity contribution is 5.91. The zero-order valence-corrected chi connectivity index (χ0v) is 16.4. The Morgan fingerprint density at radius 2 is 2.03 bits per heavy atom. The smallest absolute Gasteiger partial charge is 0.415 e. The molecule has 1 amide bonds. The number of nitrogens with zero attached hydrogens (tertiary/aromatic N) is 1. The number of ether oxygens (including phenoxy) is 2. The summed E-state index contributed by atoms with van der Waals surface area (Å²) in [6.45, 7) is 1.03. The molecule has 0 bridgehead atoms. The molecule has 0 aliphatic heterocycles. The van der Waals surface area contributed by atoms with E-state index in [4.69, 9.17) is 9.47 Å². The lowest BCUT2D eigenvalue weighted by Crippen LogP contribution is -2.35. The van der Waals surface area contributed by atoms with E-state index in [1.54, 1.807) is 38.4 Å². The number of hydrogen-bond donors (Lipinski definition) is 2. The Hall–Kier alpha value is -3.39. The number of aromatic nitrogens is 1. The number of amides is 1. The second-order valence-corrected chi connectivity index (χ2v) is 6.47. The number of aromatic amines is 1. The number of fused-ring (bicyclic) bond motifs is 1. The number of pyridine rings is 1. The normalized spacial score (nSPS) is 10.8. The highest BCUT2D eigenvalue weighted by Gasteiger charge is 2.20. The molecule has 2 aromatic carbocycles. The Bertz CT molecular complexity index is 1100. The molecule has 3 rings (SSSR count). The minimum Gasteiger partial charge on any atom is -0.493 e. The van der Waals surface area contributed by atoms with Crippen LogP contribution >= 0.6 is 0 Å². The van der Waals surface area contributed by atoms with Crippen molar-refractivity contribution in [2.75, 3.05) is 34.3 Å². The van der Waals surface area contributed by atoms with Gasteiger partial charge in [-0.25, -0.2) is 9.18 Å². The van der Waals surface area contributed by atoms with Crippen molar-refractivity contribution in [3.63, 3.8) is 0 Å². The molecule has 0 atom stereocenters. The molecule has 29 heavy (non-hydrogen) atoms. The number of carbonyl (C=O) groups excluding carboxylic acids is 1. The van der Waals surface area contributed by atoms with Gasteiger partial charge in [0.05, 0.1) is 18.0 Å². The first-order chi connectivity index (χ1) is 13.9. The fraction of sp³-hybridized carbons (Fsp3) is 0.238. The fourth-order valence-corrected chi connectivity index (χ4v) is 2.91. The van der Waals surface area contributed by atoms with Gasteiger partial charge in [-0.2, -0.15) is 0 Å². The topological polar surface area (TPSA) is 83.7 Å². The van der Waals surface area contributed by atoms with Crippen LogP contribution in [-0.2, 0) is 0 Å². The molecule has 0 aliphatic rings. The van der Waals surface area contributed by atoms with Gasteiger partial charge in [-0.1, -0.05) is 12.1 Å². The molecule has 8 heteroatoms. The summed E-state index contributed by atoms with van der Waals surface area (Å²) >= 11 is 0. The molecular formula is C21H22FN3O4. The molecule has 0 saturated carbocycles. The van der Waals surface area contributed by atoms with Crippen LogP contribution in [0.2, 0.25) is 0 Å². The van der Waals surface area contributed by atoms with Crippen molar-refractivity contribution in [1.82, 2.24) is 15.2 Å². The molecule has 152 valence electrons. The van der Waals surface area contributed by atoms with Crippen molar-refractivity contribution in [3.8, 4) is 22.8 Å². The van der Waals surface area contributed by atoms with Crippen LogP contribution in [0.1, 0.15) is 0 Å². The van der Waals surface area contributed by atoms with E-state index in [2.05, 4.69) is 10.3 Å². The number of carbonyl (C=O) groups is 1. The number of halogens is 1. The van der Waals surface area contributed by atoms with Gasteiger partial charge in [0.1, 0.15) is 5.82 Å². The molecule has 1 heterocycles. The van der Waals surface area contributed by atoms with Crippen LogP contribution in [0.25, 0.3) is 22.2 Å². The van der Waals surface area contributed by atoms with Gasteiger partial charge >= 0.3 is 6.09 Å². The monoisotopic (exact) mass is 399 g/mol. The average molecular weight is 399 g/mol. The predicted molar refractivity (Wildman–Crippen MR) is 109 cm³/mol. The third-order valence-electron chi connectivity index (χ3n) is 4.47. The Morgan fingerprint density at radius 3 is 2.72 bits per heavy atom. The molecule has 0 radical (unpaired) electrons. The molecular weight excluding hydrogens is 377 g/mol. The quantitative estimate of drug-likeness (QED) is 0.666. The first kappa shape index (κ1) is 20.3. The van der Waals surface area contributed by atoms with E-state index in [1.807, 2.05) is 0 Å². The van der Waals surface area contributed by atoms with Crippen LogP contribution in [-0.4, -0.2) is 50.3 Å². The molecule has 1 aromatic heterocycles. The van der Waals surface area contributed by atoms with Gasteiger partial charge in [0.15, 0.2) is 16.9 Å². The summed E-state index contributed by atoms with van der Waals surface area (Å²) in [5.74, 6) is -0.104. The van der Waals surface area contributed by atoms with Crippen molar-refractivity contribution in [3.05, 3.63) is 58.5 Å². The van der Waals surface area contributed by atoms with Crippen molar-refractivity contribution in [2.24, 2.45) is 0 Å². The first-order valence-electron chi connectivity index (χ1n) is 9.02. The average Bonchev–Trinajstić information content (AvgIpc) is 2.71. The van der Waals surface area contributed by atoms with Crippen LogP contribution < -0.4 is 20.2 Å². The molecule has 0 spiro atoms. The van der Waals surface area contributed by atoms with Crippen molar-refractivity contribution < 1.29 is 18.7 Å². The number of nitrogens with one attached hydrogen (secondary N) is 2. The van der Waals surface area contributed by atoms with E-state index < -0.39 is 11.9 Å². The van der Waals surface area contributed by atoms with Crippen molar-refractivity contribution in [1.29, 1.82) is 0 Å². The second-order valence-electron chi connectivity index (χ2n) is 6.47. The minimum absolute atomic E-state index is 0.0401. The molecule has 3 aromatic rings. The zero-order chi connectivity index (χ0) is 21.0. The Kier molecular flexibility index (Phi) is 6.13. The van der Waals surface area contributed by atoms with Crippen LogP contribution in [0.5, 0.6) is 11.5 Å². The van der Waals surface area contributed by atoms with Crippen molar-refractivity contribution in [2.45, 2.75) is 0 Å². The highest BCUT2D eigenvalue weighted by atomic mass is 19.1. The summed E-state index contributed by atoms with van der Waals surface area (Å²) < 4.78 is 24.4. The summed E-state index contributed by atoms with van der Waals surface area (Å²) in [6.07, 6.45) is -0.611. The number of methoxy groups -OCH3 is 1. The maximum absolute atomic E-state index is 13.6. The number of benzene rings is 2. The standard InChI is InChI=1S/C21H22FN3O4/c1-23-9-10-25(2)21(27)29-20-18(28-3)8-7-15-19(20)17(26)12-16(24-15)13-5-4-6-14(22)11-13/h4-8,11-12,23H,9-10H2,1-3H3,(H,24,26). The molecule has 0 saturated heterocycles. The molecule has 2 N–H and O–H groups in total. The Labute approximate surface area is 167 Å². The van der Waals surface area contributed by atoms with Crippen LogP contribution in [0.3, 0.4) is 0 Å². The number of likely N-dealkylation sites (N-methyl/N-ethyl adjacent to an activating group) is 2. The van der Waals surface area contributed by atoms with Gasteiger partial charge in [-0.05, 0) is 31.3 Å². The maximum atomic E-state index is 13.6. The lowest BCUT2D eigenvalue weighted by atomic mass is 10.1. The van der Waals surface area contributed by atoms with E-state index in [1.165, 1.54) is 30.2 Å². The largest absolute Gasteiger partial charge is 0.493 e. The van der Waals surface area contributed by atoms with E-state index in [0.29, 0.717) is 29.9 Å². The summed E-state index contributed by atoms with van der Waals surface area (Å²) in [5.41, 5.74) is 1.05. The second kappa shape index (κ2) is 8.74. The van der Waals surface area contributed by atoms with Crippen molar-refractivity contribution >= 4 is 17.0 Å². The number of rotatable bonds is 6. The number of H-pyrrole nitrogens is 1. The fourth-order valence-electron chi connectivity index (χ4n) is 2.91. The van der Waals surface area contributed by atoms with E-state index in [-0.39, 0.29) is 22.3 Å². The van der Waals surface area contributed by atoms with Gasteiger partial charge in [0, 0.05) is 37.5 Å². The number of hydrogen-bond acceptors (Lipinski definition) is 5. The van der Waals surface area contributed by atoms with E-state index in [9.17, 15) is 14.0 Å². The van der Waals surface area contributed by atoms with E-state index in [0.717, 1.165) is 0 Å². The van der Waals surface area contributed by atoms with Gasteiger partial charge in [0.25, 0.3) is 0 Å². The van der Waals surface area contributed by atoms with E-state index >= 15 is 0 Å². The lowest BCUT2D eigenvalue weighted by molar-refractivity contribution is 0.162. The zero-order valence-electron chi connectivity index (χ0n) is 16.4. The molecule has 0 fully saturated rings. The van der Waals surface area contributed by atoms with Gasteiger partial charge < -0.3 is 24.7 Å². The first-order valence-corrected chi connectivity index (χ1v) is 9.02. The summed E-state index contributed by atoms with van der Waals surface area (Å²) in [6, 6.07) is 10.5. The third kappa shape index (κ3) is 4.38. The molecule has 0 aliphatic carbocycles. The van der Waals surface area contributed by atoms with Crippen LogP contribution in [0.15, 0.2) is 47.3 Å². The third-order valence-corrected chi connectivity index (χ3v) is 4.47. The summed E-state index contributed by atoms with van der Waals surface area (Å²) in [4.78, 5) is 29.8. The minimum atomic E-state index is -0.611. The molecule has 7 nitrogen and oxygen atoms in total.